The molecule has 0 spiro atoms. The molecule has 0 aliphatic rings. The minimum atomic E-state index is -1.09. The van der Waals surface area contributed by atoms with Crippen LogP contribution in [0.4, 0.5) is 10.5 Å². The Labute approximate surface area is 254 Å². The number of aliphatic hydroxyl groups is 1. The van der Waals surface area contributed by atoms with Crippen molar-refractivity contribution in [1.29, 1.82) is 0 Å². The number of benzene rings is 4. The van der Waals surface area contributed by atoms with Crippen LogP contribution < -0.4 is 20.9 Å². The van der Waals surface area contributed by atoms with Crippen molar-refractivity contribution in [3.63, 3.8) is 0 Å². The minimum Gasteiger partial charge on any atom is -0.506 e. The molecule has 226 valence electrons. The summed E-state index contributed by atoms with van der Waals surface area (Å²) in [7, 11) is 0. The molecule has 6 N–H and O–H groups in total. The standard InChI is InChI=1S/C35H35N3O6/c39-31-16-14-28(29-15-17-33(41)38-34(29)31)32(40)22-36-21-24-8-6-11-26(19-24)44-18-5-4-7-23-12-13-27(25-9-2-1-3-10-25)30(20-23)37-35(42)43/h1-3,6,8-17,19-20,32,36-37,39-40H,4-5,7,18,21-22H2,(H,38,41)(H,42,43). The van der Waals surface area contributed by atoms with E-state index in [-0.39, 0.29) is 17.9 Å². The molecule has 5 aromatic rings. The predicted molar refractivity (Wildman–Crippen MR) is 171 cm³/mol. The van der Waals surface area contributed by atoms with E-state index in [1.807, 2.05) is 72.8 Å². The lowest BCUT2D eigenvalue weighted by Gasteiger charge is -2.15. The Morgan fingerprint density at radius 3 is 2.55 bits per heavy atom. The van der Waals surface area contributed by atoms with Crippen molar-refractivity contribution in [1.82, 2.24) is 10.3 Å². The maximum atomic E-state index is 11.7. The van der Waals surface area contributed by atoms with Crippen LogP contribution in [0, 0.1) is 0 Å². The van der Waals surface area contributed by atoms with Gasteiger partial charge in [-0.2, -0.15) is 0 Å². The van der Waals surface area contributed by atoms with Crippen LogP contribution in [0.1, 0.15) is 35.6 Å². The predicted octanol–water partition coefficient (Wildman–Crippen LogP) is 6.22. The fourth-order valence-corrected chi connectivity index (χ4v) is 5.21. The highest BCUT2D eigenvalue weighted by atomic mass is 16.5. The number of amides is 1. The number of unbranched alkanes of at least 4 members (excludes halogenated alkanes) is 1. The first kappa shape index (κ1) is 30.3. The second-order valence-electron chi connectivity index (χ2n) is 10.6. The summed E-state index contributed by atoms with van der Waals surface area (Å²) in [5.41, 5.74) is 5.02. The third-order valence-corrected chi connectivity index (χ3v) is 7.37. The third kappa shape index (κ3) is 7.83. The molecule has 9 heteroatoms. The first-order chi connectivity index (χ1) is 21.4. The van der Waals surface area contributed by atoms with Crippen molar-refractivity contribution in [3.8, 4) is 22.6 Å². The van der Waals surface area contributed by atoms with Gasteiger partial charge < -0.3 is 30.4 Å². The number of anilines is 1. The largest absolute Gasteiger partial charge is 0.506 e. The molecule has 1 aromatic heterocycles. The Hall–Kier alpha value is -5.12. The van der Waals surface area contributed by atoms with Gasteiger partial charge in [-0.1, -0.05) is 60.7 Å². The highest BCUT2D eigenvalue weighted by Crippen LogP contribution is 2.30. The summed E-state index contributed by atoms with van der Waals surface area (Å²) >= 11 is 0. The number of nitrogens with one attached hydrogen (secondary N) is 3. The van der Waals surface area contributed by atoms with Gasteiger partial charge in [0.25, 0.3) is 0 Å². The smallest absolute Gasteiger partial charge is 0.409 e. The number of phenolic OH excluding ortho intramolecular Hbond substituents is 1. The van der Waals surface area contributed by atoms with Gasteiger partial charge in [-0.3, -0.25) is 10.1 Å². The molecule has 9 nitrogen and oxygen atoms in total. The molecule has 0 aliphatic heterocycles. The van der Waals surface area contributed by atoms with Gasteiger partial charge in [0.2, 0.25) is 5.56 Å². The van der Waals surface area contributed by atoms with Crippen LogP contribution >= 0.6 is 0 Å². The molecule has 44 heavy (non-hydrogen) atoms. The summed E-state index contributed by atoms with van der Waals surface area (Å²) in [5.74, 6) is 0.719. The normalized spacial score (nSPS) is 11.8. The van der Waals surface area contributed by atoms with E-state index in [2.05, 4.69) is 15.6 Å². The zero-order valence-electron chi connectivity index (χ0n) is 24.1. The van der Waals surface area contributed by atoms with Gasteiger partial charge in [-0.05, 0) is 71.8 Å². The minimum absolute atomic E-state index is 0.0434. The Bertz CT molecular complexity index is 1790. The number of aryl methyl sites for hydroxylation is 1. The molecule has 0 radical (unpaired) electrons. The number of rotatable bonds is 13. The Morgan fingerprint density at radius 1 is 0.886 bits per heavy atom. The molecule has 5 rings (SSSR count). The number of aromatic hydroxyl groups is 1. The first-order valence-electron chi connectivity index (χ1n) is 14.5. The Balaban J connectivity index is 1.09. The lowest BCUT2D eigenvalue weighted by atomic mass is 9.99. The fraction of sp³-hybridized carbons (Fsp3) is 0.200. The van der Waals surface area contributed by atoms with Gasteiger partial charge in [0.15, 0.2) is 0 Å². The molecule has 0 saturated heterocycles. The van der Waals surface area contributed by atoms with Crippen LogP contribution in [-0.2, 0) is 13.0 Å². The summed E-state index contributed by atoms with van der Waals surface area (Å²) in [4.78, 5) is 25.6. The van der Waals surface area contributed by atoms with E-state index in [1.165, 1.54) is 12.1 Å². The number of aromatic nitrogens is 1. The number of aliphatic hydroxyl groups excluding tert-OH is 1. The van der Waals surface area contributed by atoms with Crippen LogP contribution in [0.15, 0.2) is 102 Å². The van der Waals surface area contributed by atoms with Crippen LogP contribution in [0.25, 0.3) is 22.0 Å². The molecule has 1 heterocycles. The van der Waals surface area contributed by atoms with E-state index in [9.17, 15) is 24.9 Å². The van der Waals surface area contributed by atoms with Gasteiger partial charge in [0.05, 0.1) is 23.9 Å². The highest BCUT2D eigenvalue weighted by molar-refractivity contribution is 5.91. The van der Waals surface area contributed by atoms with Crippen molar-refractivity contribution in [2.75, 3.05) is 18.5 Å². The number of carbonyl (C=O) groups is 1. The van der Waals surface area contributed by atoms with E-state index in [4.69, 9.17) is 4.74 Å². The molecular weight excluding hydrogens is 558 g/mol. The van der Waals surface area contributed by atoms with Gasteiger partial charge >= 0.3 is 6.09 Å². The SMILES string of the molecule is O=C(O)Nc1cc(CCCCOc2cccc(CNCC(O)c3ccc(O)c4[nH]c(=O)ccc34)c2)ccc1-c1ccccc1. The molecule has 4 aromatic carbocycles. The van der Waals surface area contributed by atoms with Crippen molar-refractivity contribution in [2.45, 2.75) is 31.9 Å². The van der Waals surface area contributed by atoms with Crippen molar-refractivity contribution >= 4 is 22.7 Å². The van der Waals surface area contributed by atoms with Gasteiger partial charge in [0.1, 0.15) is 11.5 Å². The average molecular weight is 594 g/mol. The number of ether oxygens (including phenoxy) is 1. The third-order valence-electron chi connectivity index (χ3n) is 7.37. The molecule has 0 aliphatic carbocycles. The number of fused-ring (bicyclic) bond motifs is 1. The number of phenols is 1. The number of H-pyrrole nitrogens is 1. The topological polar surface area (TPSA) is 144 Å². The van der Waals surface area contributed by atoms with Crippen molar-refractivity contribution in [2.24, 2.45) is 0 Å². The number of carboxylic acid groups (broad SMARTS) is 1. The van der Waals surface area contributed by atoms with Crippen molar-refractivity contribution in [3.05, 3.63) is 124 Å². The second-order valence-corrected chi connectivity index (χ2v) is 10.6. The van der Waals surface area contributed by atoms with E-state index < -0.39 is 12.2 Å². The van der Waals surface area contributed by atoms with E-state index in [0.717, 1.165) is 47.3 Å². The summed E-state index contributed by atoms with van der Waals surface area (Å²) in [5, 5.41) is 36.6. The maximum absolute atomic E-state index is 11.7. The van der Waals surface area contributed by atoms with Gasteiger partial charge in [-0.15, -0.1) is 0 Å². The molecule has 0 saturated carbocycles. The number of aromatic amines is 1. The molecule has 1 amide bonds. The molecule has 1 atom stereocenters. The maximum Gasteiger partial charge on any atom is 0.409 e. The van der Waals surface area contributed by atoms with Gasteiger partial charge in [0, 0.05) is 30.1 Å². The first-order valence-corrected chi connectivity index (χ1v) is 14.5. The lowest BCUT2D eigenvalue weighted by Crippen LogP contribution is -2.21. The quantitative estimate of drug-likeness (QED) is 0.0890. The Kier molecular flexibility index (Phi) is 9.91. The van der Waals surface area contributed by atoms with Crippen LogP contribution in [0.2, 0.25) is 0 Å². The van der Waals surface area contributed by atoms with E-state index in [0.29, 0.717) is 35.3 Å². The molecule has 1 unspecified atom stereocenters. The molecule has 0 fully saturated rings. The van der Waals surface area contributed by atoms with Crippen molar-refractivity contribution < 1.29 is 24.9 Å². The van der Waals surface area contributed by atoms with E-state index in [1.54, 1.807) is 12.1 Å². The monoisotopic (exact) mass is 593 g/mol. The fourth-order valence-electron chi connectivity index (χ4n) is 5.21. The summed E-state index contributed by atoms with van der Waals surface area (Å²) in [6.07, 6.45) is 0.587. The van der Waals surface area contributed by atoms with Crippen LogP contribution in [0.3, 0.4) is 0 Å². The van der Waals surface area contributed by atoms with Crippen LogP contribution in [0.5, 0.6) is 11.5 Å². The lowest BCUT2D eigenvalue weighted by molar-refractivity contribution is 0.176. The number of hydrogen-bond acceptors (Lipinski definition) is 6. The highest BCUT2D eigenvalue weighted by Gasteiger charge is 2.14. The number of hydrogen-bond donors (Lipinski definition) is 6. The zero-order chi connectivity index (χ0) is 30.9. The molecule has 0 bridgehead atoms. The summed E-state index contributed by atoms with van der Waals surface area (Å²) in [6.45, 7) is 1.35. The van der Waals surface area contributed by atoms with E-state index >= 15 is 0 Å². The summed E-state index contributed by atoms with van der Waals surface area (Å²) < 4.78 is 5.98. The molecular formula is C35H35N3O6. The van der Waals surface area contributed by atoms with Gasteiger partial charge in [-0.25, -0.2) is 4.79 Å². The van der Waals surface area contributed by atoms with Crippen LogP contribution in [-0.4, -0.2) is 39.5 Å². The Morgan fingerprint density at radius 2 is 1.73 bits per heavy atom. The second kappa shape index (κ2) is 14.4. The number of pyridine rings is 1. The average Bonchev–Trinajstić information content (AvgIpc) is 3.02. The zero-order valence-corrected chi connectivity index (χ0v) is 24.1. The summed E-state index contributed by atoms with van der Waals surface area (Å²) in [6, 6.07) is 29.5.